The smallest absolute Gasteiger partial charge is 0.328 e. The predicted molar refractivity (Wildman–Crippen MR) is 72.0 cm³/mol. The van der Waals surface area contributed by atoms with Crippen molar-refractivity contribution in [3.05, 3.63) is 46.0 Å². The summed E-state index contributed by atoms with van der Waals surface area (Å²) in [6.07, 6.45) is 2.50. The molecule has 7 nitrogen and oxygen atoms in total. The summed E-state index contributed by atoms with van der Waals surface area (Å²) < 4.78 is 0. The zero-order valence-corrected chi connectivity index (χ0v) is 11.0. The van der Waals surface area contributed by atoms with Crippen molar-refractivity contribution < 1.29 is 19.6 Å². The molecule has 1 aromatic carbocycles. The van der Waals surface area contributed by atoms with Crippen molar-refractivity contribution >= 4 is 23.6 Å². The SMILES string of the molecule is CC(C)(NC(=O)/C=C/c1cccc([N+](=O)[O-])c1)C(=O)O. The van der Waals surface area contributed by atoms with Crippen LogP contribution in [0.15, 0.2) is 30.3 Å². The Labute approximate surface area is 115 Å². The number of carbonyl (C=O) groups excluding carboxylic acids is 1. The summed E-state index contributed by atoms with van der Waals surface area (Å²) in [6.45, 7) is 2.71. The van der Waals surface area contributed by atoms with Crippen molar-refractivity contribution in [3.8, 4) is 0 Å². The molecule has 0 bridgehead atoms. The molecule has 0 aromatic heterocycles. The molecule has 0 fully saturated rings. The lowest BCUT2D eigenvalue weighted by molar-refractivity contribution is -0.384. The number of carboxylic acids is 1. The standard InChI is InChI=1S/C13H14N2O5/c1-13(2,12(17)18)14-11(16)7-6-9-4-3-5-10(8-9)15(19)20/h3-8H,1-2H3,(H,14,16)(H,17,18)/b7-6+. The van der Waals surface area contributed by atoms with E-state index in [9.17, 15) is 19.7 Å². The number of non-ortho nitro benzene ring substituents is 1. The van der Waals surface area contributed by atoms with Gasteiger partial charge in [-0.25, -0.2) is 4.79 Å². The molecule has 0 spiro atoms. The molecule has 106 valence electrons. The fourth-order valence-corrected chi connectivity index (χ4v) is 1.32. The Morgan fingerprint density at radius 2 is 2.05 bits per heavy atom. The molecule has 0 unspecified atom stereocenters. The molecule has 20 heavy (non-hydrogen) atoms. The van der Waals surface area contributed by atoms with Gasteiger partial charge in [0.2, 0.25) is 5.91 Å². The number of carbonyl (C=O) groups is 2. The van der Waals surface area contributed by atoms with Crippen LogP contribution in [-0.2, 0) is 9.59 Å². The fraction of sp³-hybridized carbons (Fsp3) is 0.231. The van der Waals surface area contributed by atoms with E-state index in [2.05, 4.69) is 5.32 Å². The molecule has 0 radical (unpaired) electrons. The first-order valence-corrected chi connectivity index (χ1v) is 5.70. The summed E-state index contributed by atoms with van der Waals surface area (Å²) in [5, 5.41) is 21.8. The summed E-state index contributed by atoms with van der Waals surface area (Å²) in [7, 11) is 0. The van der Waals surface area contributed by atoms with E-state index < -0.39 is 22.3 Å². The summed E-state index contributed by atoms with van der Waals surface area (Å²) in [5.41, 5.74) is -0.995. The Kier molecular flexibility index (Phi) is 4.58. The average molecular weight is 278 g/mol. The number of nitro benzene ring substituents is 1. The van der Waals surface area contributed by atoms with E-state index >= 15 is 0 Å². The number of carboxylic acid groups (broad SMARTS) is 1. The number of nitro groups is 1. The first-order valence-electron chi connectivity index (χ1n) is 5.70. The lowest BCUT2D eigenvalue weighted by Crippen LogP contribution is -2.49. The van der Waals surface area contributed by atoms with Crippen molar-refractivity contribution in [2.45, 2.75) is 19.4 Å². The zero-order valence-electron chi connectivity index (χ0n) is 11.0. The third kappa shape index (κ3) is 4.20. The molecule has 0 aliphatic rings. The highest BCUT2D eigenvalue weighted by atomic mass is 16.6. The van der Waals surface area contributed by atoms with E-state index in [1.54, 1.807) is 6.07 Å². The molecule has 0 aliphatic carbocycles. The van der Waals surface area contributed by atoms with Crippen molar-refractivity contribution in [2.24, 2.45) is 0 Å². The maximum Gasteiger partial charge on any atom is 0.328 e. The lowest BCUT2D eigenvalue weighted by Gasteiger charge is -2.19. The highest BCUT2D eigenvalue weighted by molar-refractivity contribution is 5.95. The largest absolute Gasteiger partial charge is 0.480 e. The summed E-state index contributed by atoms with van der Waals surface area (Å²) in [4.78, 5) is 32.5. The van der Waals surface area contributed by atoms with E-state index in [0.717, 1.165) is 6.08 Å². The molecule has 0 saturated carbocycles. The van der Waals surface area contributed by atoms with Crippen molar-refractivity contribution in [2.75, 3.05) is 0 Å². The van der Waals surface area contributed by atoms with Crippen molar-refractivity contribution in [1.29, 1.82) is 0 Å². The van der Waals surface area contributed by atoms with Gasteiger partial charge >= 0.3 is 5.97 Å². The van der Waals surface area contributed by atoms with Gasteiger partial charge in [-0.05, 0) is 25.5 Å². The summed E-state index contributed by atoms with van der Waals surface area (Å²) >= 11 is 0. The van der Waals surface area contributed by atoms with E-state index in [1.165, 1.54) is 38.1 Å². The zero-order chi connectivity index (χ0) is 15.3. The molecular formula is C13H14N2O5. The van der Waals surface area contributed by atoms with Crippen LogP contribution in [0.2, 0.25) is 0 Å². The molecule has 0 aliphatic heterocycles. The molecule has 0 heterocycles. The van der Waals surface area contributed by atoms with Gasteiger partial charge in [-0.2, -0.15) is 0 Å². The van der Waals surface area contributed by atoms with Gasteiger partial charge < -0.3 is 10.4 Å². The van der Waals surface area contributed by atoms with Crippen LogP contribution in [0.4, 0.5) is 5.69 Å². The summed E-state index contributed by atoms with van der Waals surface area (Å²) in [6, 6.07) is 5.74. The molecular weight excluding hydrogens is 264 g/mol. The third-order valence-corrected chi connectivity index (χ3v) is 2.48. The number of hydrogen-bond donors (Lipinski definition) is 2. The number of amides is 1. The second kappa shape index (κ2) is 5.96. The predicted octanol–water partition coefficient (Wildman–Crippen LogP) is 1.59. The number of nitrogens with one attached hydrogen (secondary N) is 1. The first-order chi connectivity index (χ1) is 9.22. The van der Waals surface area contributed by atoms with Crippen molar-refractivity contribution in [3.63, 3.8) is 0 Å². The molecule has 1 aromatic rings. The van der Waals surface area contributed by atoms with Gasteiger partial charge in [0.25, 0.3) is 5.69 Å². The Morgan fingerprint density at radius 3 is 2.60 bits per heavy atom. The fourth-order valence-electron chi connectivity index (χ4n) is 1.32. The Bertz CT molecular complexity index is 578. The van der Waals surface area contributed by atoms with Crippen LogP contribution in [0.5, 0.6) is 0 Å². The van der Waals surface area contributed by atoms with E-state index in [-0.39, 0.29) is 5.69 Å². The minimum absolute atomic E-state index is 0.0848. The second-order valence-electron chi connectivity index (χ2n) is 4.60. The van der Waals surface area contributed by atoms with E-state index in [0.29, 0.717) is 5.56 Å². The maximum atomic E-state index is 11.6. The van der Waals surface area contributed by atoms with Gasteiger partial charge in [0.15, 0.2) is 0 Å². The van der Waals surface area contributed by atoms with E-state index in [1.807, 2.05) is 0 Å². The normalized spacial score (nSPS) is 11.3. The highest BCUT2D eigenvalue weighted by Crippen LogP contribution is 2.14. The first kappa shape index (κ1) is 15.4. The van der Waals surface area contributed by atoms with Gasteiger partial charge in [-0.3, -0.25) is 14.9 Å². The summed E-state index contributed by atoms with van der Waals surface area (Å²) in [5.74, 6) is -1.75. The number of rotatable bonds is 5. The topological polar surface area (TPSA) is 110 Å². The minimum Gasteiger partial charge on any atom is -0.480 e. The van der Waals surface area contributed by atoms with Crippen LogP contribution < -0.4 is 5.32 Å². The van der Waals surface area contributed by atoms with Crippen LogP contribution in [0.25, 0.3) is 6.08 Å². The quantitative estimate of drug-likeness (QED) is 0.483. The Hall–Kier alpha value is -2.70. The highest BCUT2D eigenvalue weighted by Gasteiger charge is 2.27. The van der Waals surface area contributed by atoms with Gasteiger partial charge in [-0.1, -0.05) is 12.1 Å². The van der Waals surface area contributed by atoms with Crippen LogP contribution in [0.1, 0.15) is 19.4 Å². The molecule has 1 amide bonds. The molecule has 2 N–H and O–H groups in total. The van der Waals surface area contributed by atoms with Gasteiger partial charge in [0.1, 0.15) is 5.54 Å². The average Bonchev–Trinajstić information content (AvgIpc) is 2.36. The lowest BCUT2D eigenvalue weighted by atomic mass is 10.1. The van der Waals surface area contributed by atoms with Gasteiger partial charge in [0, 0.05) is 18.2 Å². The number of hydrogen-bond acceptors (Lipinski definition) is 4. The third-order valence-electron chi connectivity index (χ3n) is 2.48. The van der Waals surface area contributed by atoms with Crippen LogP contribution in [-0.4, -0.2) is 27.4 Å². The molecule has 0 atom stereocenters. The van der Waals surface area contributed by atoms with E-state index in [4.69, 9.17) is 5.11 Å². The monoisotopic (exact) mass is 278 g/mol. The number of aliphatic carboxylic acids is 1. The second-order valence-corrected chi connectivity index (χ2v) is 4.60. The van der Waals surface area contributed by atoms with Crippen LogP contribution in [0.3, 0.4) is 0 Å². The van der Waals surface area contributed by atoms with Gasteiger partial charge in [-0.15, -0.1) is 0 Å². The minimum atomic E-state index is -1.38. The Morgan fingerprint density at radius 1 is 1.40 bits per heavy atom. The molecule has 1 rings (SSSR count). The van der Waals surface area contributed by atoms with Gasteiger partial charge in [0.05, 0.1) is 4.92 Å². The van der Waals surface area contributed by atoms with Crippen LogP contribution >= 0.6 is 0 Å². The number of nitrogens with zero attached hydrogens (tertiary/aromatic N) is 1. The van der Waals surface area contributed by atoms with Crippen molar-refractivity contribution in [1.82, 2.24) is 5.32 Å². The molecule has 0 saturated heterocycles. The number of benzene rings is 1. The van der Waals surface area contributed by atoms with Crippen LogP contribution in [0, 0.1) is 10.1 Å². The molecule has 7 heteroatoms. The maximum absolute atomic E-state index is 11.6. The Balaban J connectivity index is 2.78.